The van der Waals surface area contributed by atoms with E-state index in [0.29, 0.717) is 18.8 Å². The molecule has 1 amide bonds. The Labute approximate surface area is 200 Å². The zero-order valence-electron chi connectivity index (χ0n) is 19.4. The van der Waals surface area contributed by atoms with Gasteiger partial charge in [0.25, 0.3) is 10.0 Å². The molecule has 180 valence electrons. The number of anilines is 1. The largest absolute Gasteiger partial charge is 0.495 e. The molecule has 0 aliphatic carbocycles. The second kappa shape index (κ2) is 10.6. The maximum Gasteiger partial charge on any atom is 0.268 e. The van der Waals surface area contributed by atoms with E-state index in [4.69, 9.17) is 21.1 Å². The first-order chi connectivity index (χ1) is 15.7. The van der Waals surface area contributed by atoms with Crippen LogP contribution in [0.5, 0.6) is 11.5 Å². The SMILES string of the molecule is CCN1CCN(C(=O)CN(c2ccc(OC)c(Cl)c2)S(=O)(=O)c2cc(C)ccc2OC)CC1. The highest BCUT2D eigenvalue weighted by atomic mass is 35.5. The van der Waals surface area contributed by atoms with Gasteiger partial charge in [0, 0.05) is 26.2 Å². The van der Waals surface area contributed by atoms with Crippen LogP contribution in [0.25, 0.3) is 0 Å². The van der Waals surface area contributed by atoms with Crippen molar-refractivity contribution in [2.24, 2.45) is 0 Å². The van der Waals surface area contributed by atoms with Crippen molar-refractivity contribution in [3.63, 3.8) is 0 Å². The summed E-state index contributed by atoms with van der Waals surface area (Å²) in [5.74, 6) is 0.343. The smallest absolute Gasteiger partial charge is 0.268 e. The Morgan fingerprint density at radius 2 is 1.67 bits per heavy atom. The van der Waals surface area contributed by atoms with Crippen molar-refractivity contribution in [1.82, 2.24) is 9.80 Å². The van der Waals surface area contributed by atoms with E-state index in [0.717, 1.165) is 29.5 Å². The molecule has 0 aromatic heterocycles. The predicted molar refractivity (Wildman–Crippen MR) is 129 cm³/mol. The molecule has 1 heterocycles. The molecule has 33 heavy (non-hydrogen) atoms. The summed E-state index contributed by atoms with van der Waals surface area (Å²) in [7, 11) is -1.26. The van der Waals surface area contributed by atoms with Crippen LogP contribution in [0, 0.1) is 6.92 Å². The van der Waals surface area contributed by atoms with Crippen LogP contribution in [-0.4, -0.2) is 77.6 Å². The van der Waals surface area contributed by atoms with E-state index < -0.39 is 10.0 Å². The lowest BCUT2D eigenvalue weighted by Crippen LogP contribution is -2.51. The van der Waals surface area contributed by atoms with Gasteiger partial charge in [-0.25, -0.2) is 8.42 Å². The molecular weight excluding hydrogens is 466 g/mol. The van der Waals surface area contributed by atoms with Gasteiger partial charge < -0.3 is 19.3 Å². The number of piperazine rings is 1. The summed E-state index contributed by atoms with van der Waals surface area (Å²) in [4.78, 5) is 17.1. The summed E-state index contributed by atoms with van der Waals surface area (Å²) in [6, 6.07) is 9.56. The van der Waals surface area contributed by atoms with Gasteiger partial charge in [-0.2, -0.15) is 0 Å². The van der Waals surface area contributed by atoms with Gasteiger partial charge in [0.1, 0.15) is 22.9 Å². The molecule has 0 unspecified atom stereocenters. The Balaban J connectivity index is 2.01. The van der Waals surface area contributed by atoms with Crippen LogP contribution < -0.4 is 13.8 Å². The van der Waals surface area contributed by atoms with Crippen molar-refractivity contribution >= 4 is 33.2 Å². The van der Waals surface area contributed by atoms with Crippen LogP contribution in [-0.2, 0) is 14.8 Å². The number of likely N-dealkylation sites (N-methyl/N-ethyl adjacent to an activating group) is 1. The molecule has 0 atom stereocenters. The fraction of sp³-hybridized carbons (Fsp3) is 0.435. The maximum atomic E-state index is 13.8. The van der Waals surface area contributed by atoms with Gasteiger partial charge in [0.05, 0.1) is 24.9 Å². The molecule has 0 radical (unpaired) electrons. The standard InChI is InChI=1S/C23H30ClN3O5S/c1-5-25-10-12-26(13-11-25)23(28)16-27(18-7-9-20(31-3)19(24)15-18)33(29,30)22-14-17(2)6-8-21(22)32-4/h6-9,14-15H,5,10-13,16H2,1-4H3. The number of nitrogens with zero attached hydrogens (tertiary/aromatic N) is 3. The van der Waals surface area contributed by atoms with Gasteiger partial charge in [0.15, 0.2) is 0 Å². The Hall–Kier alpha value is -2.49. The second-order valence-electron chi connectivity index (χ2n) is 7.80. The first-order valence-electron chi connectivity index (χ1n) is 10.7. The minimum atomic E-state index is -4.15. The molecular formula is C23H30ClN3O5S. The van der Waals surface area contributed by atoms with E-state index in [9.17, 15) is 13.2 Å². The summed E-state index contributed by atoms with van der Waals surface area (Å²) in [6.07, 6.45) is 0. The number of halogens is 1. The van der Waals surface area contributed by atoms with E-state index in [2.05, 4.69) is 11.8 Å². The van der Waals surface area contributed by atoms with E-state index in [1.165, 1.54) is 26.4 Å². The summed E-state index contributed by atoms with van der Waals surface area (Å²) in [6.45, 7) is 7.06. The van der Waals surface area contributed by atoms with Gasteiger partial charge in [0.2, 0.25) is 5.91 Å². The van der Waals surface area contributed by atoms with Crippen molar-refractivity contribution in [2.45, 2.75) is 18.7 Å². The lowest BCUT2D eigenvalue weighted by atomic mass is 10.2. The third-order valence-electron chi connectivity index (χ3n) is 5.76. The molecule has 0 saturated carbocycles. The molecule has 1 saturated heterocycles. The first-order valence-corrected chi connectivity index (χ1v) is 12.5. The molecule has 2 aromatic carbocycles. The monoisotopic (exact) mass is 495 g/mol. The van der Waals surface area contributed by atoms with Crippen LogP contribution in [0.4, 0.5) is 5.69 Å². The number of carbonyl (C=O) groups is 1. The van der Waals surface area contributed by atoms with Crippen molar-refractivity contribution < 1.29 is 22.7 Å². The predicted octanol–water partition coefficient (Wildman–Crippen LogP) is 3.03. The van der Waals surface area contributed by atoms with Crippen LogP contribution >= 0.6 is 11.6 Å². The van der Waals surface area contributed by atoms with Crippen LogP contribution in [0.15, 0.2) is 41.3 Å². The molecule has 0 spiro atoms. The Morgan fingerprint density at radius 1 is 1.03 bits per heavy atom. The third kappa shape index (κ3) is 5.54. The molecule has 8 nitrogen and oxygen atoms in total. The van der Waals surface area contributed by atoms with Gasteiger partial charge in [-0.3, -0.25) is 9.10 Å². The molecule has 1 aliphatic heterocycles. The van der Waals surface area contributed by atoms with E-state index >= 15 is 0 Å². The normalized spacial score (nSPS) is 14.8. The highest BCUT2D eigenvalue weighted by Gasteiger charge is 2.32. The molecule has 0 bridgehead atoms. The number of methoxy groups -OCH3 is 2. The van der Waals surface area contributed by atoms with E-state index in [1.54, 1.807) is 36.1 Å². The lowest BCUT2D eigenvalue weighted by Gasteiger charge is -2.35. The molecule has 1 aliphatic rings. The lowest BCUT2D eigenvalue weighted by molar-refractivity contribution is -0.131. The van der Waals surface area contributed by atoms with Gasteiger partial charge in [-0.1, -0.05) is 24.6 Å². The van der Waals surface area contributed by atoms with Crippen molar-refractivity contribution in [3.8, 4) is 11.5 Å². The number of ether oxygens (including phenoxy) is 2. The number of carbonyl (C=O) groups excluding carboxylic acids is 1. The Kier molecular flexibility index (Phi) is 8.10. The molecule has 1 fully saturated rings. The van der Waals surface area contributed by atoms with Crippen molar-refractivity contribution in [3.05, 3.63) is 47.0 Å². The highest BCUT2D eigenvalue weighted by molar-refractivity contribution is 7.93. The Morgan fingerprint density at radius 3 is 2.24 bits per heavy atom. The number of hydrogen-bond donors (Lipinski definition) is 0. The summed E-state index contributed by atoms with van der Waals surface area (Å²) < 4.78 is 39.3. The van der Waals surface area contributed by atoms with Crippen LogP contribution in [0.2, 0.25) is 5.02 Å². The minimum Gasteiger partial charge on any atom is -0.495 e. The molecule has 0 N–H and O–H groups in total. The molecule has 3 rings (SSSR count). The summed E-state index contributed by atoms with van der Waals surface area (Å²) >= 11 is 6.30. The maximum absolute atomic E-state index is 13.8. The van der Waals surface area contributed by atoms with Crippen molar-refractivity contribution in [1.29, 1.82) is 0 Å². The van der Waals surface area contributed by atoms with Crippen molar-refractivity contribution in [2.75, 3.05) is 57.8 Å². The fourth-order valence-electron chi connectivity index (χ4n) is 3.77. The average molecular weight is 496 g/mol. The summed E-state index contributed by atoms with van der Waals surface area (Å²) in [5, 5.41) is 0.246. The van der Waals surface area contributed by atoms with E-state index in [1.807, 2.05) is 0 Å². The van der Waals surface area contributed by atoms with E-state index in [-0.39, 0.29) is 33.8 Å². The molecule has 10 heteroatoms. The van der Waals surface area contributed by atoms with Gasteiger partial charge in [-0.05, 0) is 49.4 Å². The zero-order chi connectivity index (χ0) is 24.2. The third-order valence-corrected chi connectivity index (χ3v) is 7.85. The number of sulfonamides is 1. The quantitative estimate of drug-likeness (QED) is 0.560. The number of benzene rings is 2. The molecule has 2 aromatic rings. The minimum absolute atomic E-state index is 0.0134. The Bertz CT molecular complexity index is 1100. The second-order valence-corrected chi connectivity index (χ2v) is 10.0. The first kappa shape index (κ1) is 25.1. The number of hydrogen-bond acceptors (Lipinski definition) is 6. The topological polar surface area (TPSA) is 79.4 Å². The number of rotatable bonds is 8. The number of amides is 1. The van der Waals surface area contributed by atoms with Gasteiger partial charge in [-0.15, -0.1) is 0 Å². The van der Waals surface area contributed by atoms with Crippen LogP contribution in [0.1, 0.15) is 12.5 Å². The number of aryl methyl sites for hydroxylation is 1. The van der Waals surface area contributed by atoms with Gasteiger partial charge >= 0.3 is 0 Å². The summed E-state index contributed by atoms with van der Waals surface area (Å²) in [5.41, 5.74) is 1.02. The highest BCUT2D eigenvalue weighted by Crippen LogP contribution is 2.34. The average Bonchev–Trinajstić information content (AvgIpc) is 2.82. The fourth-order valence-corrected chi connectivity index (χ4v) is 5.67. The zero-order valence-corrected chi connectivity index (χ0v) is 20.9. The van der Waals surface area contributed by atoms with Crippen LogP contribution in [0.3, 0.4) is 0 Å².